The maximum absolute atomic E-state index is 5.62. The van der Waals surface area contributed by atoms with Gasteiger partial charge >= 0.3 is 0 Å². The normalized spacial score (nSPS) is 12.3. The van der Waals surface area contributed by atoms with E-state index in [1.165, 1.54) is 11.3 Å². The fourth-order valence-corrected chi connectivity index (χ4v) is 2.03. The van der Waals surface area contributed by atoms with Crippen LogP contribution in [0.5, 0.6) is 0 Å². The molecule has 0 bridgehead atoms. The Balaban J connectivity index is 2.90. The molecular formula is C19H29NO. The topological polar surface area (TPSA) is 12.5 Å². The summed E-state index contributed by atoms with van der Waals surface area (Å²) in [6, 6.07) is 10.8. The average Bonchev–Trinajstić information content (AvgIpc) is 2.50. The van der Waals surface area contributed by atoms with Crippen LogP contribution >= 0.6 is 0 Å². The number of benzene rings is 1. The molecule has 0 N–H and O–H groups in total. The summed E-state index contributed by atoms with van der Waals surface area (Å²) in [5.74, 6) is 0. The lowest BCUT2D eigenvalue weighted by molar-refractivity contribution is 0.0422. The Morgan fingerprint density at radius 1 is 1.19 bits per heavy atom. The molecule has 1 rings (SSSR count). The monoisotopic (exact) mass is 287 g/mol. The summed E-state index contributed by atoms with van der Waals surface area (Å²) in [4.78, 5) is 2.30. The molecule has 0 heterocycles. The largest absolute Gasteiger partial charge is 0.361 e. The zero-order valence-corrected chi connectivity index (χ0v) is 13.9. The Morgan fingerprint density at radius 3 is 2.48 bits per heavy atom. The Labute approximate surface area is 130 Å². The fraction of sp³-hybridized carbons (Fsp3) is 0.474. The molecule has 0 fully saturated rings. The predicted octanol–water partition coefficient (Wildman–Crippen LogP) is 5.09. The molecule has 0 aliphatic carbocycles. The Morgan fingerprint density at radius 2 is 1.90 bits per heavy atom. The van der Waals surface area contributed by atoms with E-state index in [0.29, 0.717) is 12.8 Å². The average molecular weight is 287 g/mol. The van der Waals surface area contributed by atoms with Crippen molar-refractivity contribution in [2.24, 2.45) is 0 Å². The Hall–Kier alpha value is -1.54. The first-order valence-electron chi connectivity index (χ1n) is 7.96. The van der Waals surface area contributed by atoms with Gasteiger partial charge in [-0.1, -0.05) is 55.8 Å². The summed E-state index contributed by atoms with van der Waals surface area (Å²) in [5.41, 5.74) is 2.46. The van der Waals surface area contributed by atoms with Crippen LogP contribution in [0.3, 0.4) is 0 Å². The van der Waals surface area contributed by atoms with Crippen LogP contribution in [0.15, 0.2) is 48.2 Å². The van der Waals surface area contributed by atoms with Crippen molar-refractivity contribution < 1.29 is 4.74 Å². The van der Waals surface area contributed by atoms with Crippen molar-refractivity contribution in [1.82, 2.24) is 4.90 Å². The molecule has 1 aromatic rings. The van der Waals surface area contributed by atoms with E-state index in [1.807, 2.05) is 13.0 Å². The lowest BCUT2D eigenvalue weighted by Crippen LogP contribution is -2.32. The summed E-state index contributed by atoms with van der Waals surface area (Å²) < 4.78 is 5.62. The summed E-state index contributed by atoms with van der Waals surface area (Å²) in [5, 5.41) is 0. The lowest BCUT2D eigenvalue weighted by atomic mass is 10.1. The van der Waals surface area contributed by atoms with Gasteiger partial charge in [-0.25, -0.2) is 0 Å². The third kappa shape index (κ3) is 6.63. The Kier molecular flexibility index (Phi) is 8.53. The number of hydrogen-bond acceptors (Lipinski definition) is 2. The minimum atomic E-state index is 0.417. The zero-order chi connectivity index (χ0) is 15.5. The second-order valence-electron chi connectivity index (χ2n) is 5.35. The van der Waals surface area contributed by atoms with E-state index < -0.39 is 0 Å². The van der Waals surface area contributed by atoms with Crippen molar-refractivity contribution in [2.75, 3.05) is 13.3 Å². The van der Waals surface area contributed by atoms with E-state index in [0.717, 1.165) is 19.4 Å². The third-order valence-electron chi connectivity index (χ3n) is 3.28. The molecule has 0 aliphatic rings. The van der Waals surface area contributed by atoms with Crippen LogP contribution in [0.25, 0.3) is 6.08 Å². The number of hydrogen-bond donors (Lipinski definition) is 0. The van der Waals surface area contributed by atoms with Gasteiger partial charge in [0.15, 0.2) is 0 Å². The molecule has 21 heavy (non-hydrogen) atoms. The lowest BCUT2D eigenvalue weighted by Gasteiger charge is -2.29. The highest BCUT2D eigenvalue weighted by Gasteiger charge is 2.10. The molecule has 0 saturated heterocycles. The molecule has 1 aromatic carbocycles. The maximum Gasteiger partial charge on any atom is 0.119 e. The predicted molar refractivity (Wildman–Crippen MR) is 91.9 cm³/mol. The van der Waals surface area contributed by atoms with Gasteiger partial charge in [-0.15, -0.1) is 0 Å². The molecule has 0 spiro atoms. The zero-order valence-electron chi connectivity index (χ0n) is 13.9. The minimum absolute atomic E-state index is 0.417. The first-order chi connectivity index (χ1) is 10.2. The molecule has 0 aliphatic heterocycles. The van der Waals surface area contributed by atoms with E-state index in [4.69, 9.17) is 4.74 Å². The van der Waals surface area contributed by atoms with Crippen LogP contribution in [0.1, 0.15) is 46.1 Å². The molecule has 0 saturated carbocycles. The van der Waals surface area contributed by atoms with E-state index in [2.05, 4.69) is 68.2 Å². The number of ether oxygens (including phenoxy) is 1. The minimum Gasteiger partial charge on any atom is -0.361 e. The van der Waals surface area contributed by atoms with Gasteiger partial charge in [-0.3, -0.25) is 0 Å². The third-order valence-corrected chi connectivity index (χ3v) is 3.28. The highest BCUT2D eigenvalue weighted by atomic mass is 16.5. The van der Waals surface area contributed by atoms with Crippen molar-refractivity contribution in [3.63, 3.8) is 0 Å². The second kappa shape index (κ2) is 10.2. The van der Waals surface area contributed by atoms with Crippen LogP contribution in [0, 0.1) is 0 Å². The number of allylic oxidation sites excluding steroid dienone is 2. The van der Waals surface area contributed by atoms with Crippen molar-refractivity contribution in [2.45, 2.75) is 46.6 Å². The summed E-state index contributed by atoms with van der Waals surface area (Å²) in [6.07, 6.45) is 8.92. The van der Waals surface area contributed by atoms with Gasteiger partial charge in [0.05, 0.1) is 0 Å². The van der Waals surface area contributed by atoms with Crippen LogP contribution in [0.4, 0.5) is 0 Å². The van der Waals surface area contributed by atoms with E-state index in [9.17, 15) is 0 Å². The van der Waals surface area contributed by atoms with Gasteiger partial charge in [0.25, 0.3) is 0 Å². The van der Waals surface area contributed by atoms with Gasteiger partial charge in [-0.05, 0) is 38.8 Å². The van der Waals surface area contributed by atoms with E-state index in [-0.39, 0.29) is 0 Å². The molecule has 0 amide bonds. The standard InChI is InChI=1S/C19H29NO/c1-5-7-13-19(20(17(3)4)16-21-6-2)15-14-18-11-9-8-10-12-18/h8-15,17H,5-7,16H2,1-4H3/b15-14+,19-13-. The van der Waals surface area contributed by atoms with E-state index in [1.54, 1.807) is 0 Å². The van der Waals surface area contributed by atoms with E-state index >= 15 is 0 Å². The quantitative estimate of drug-likeness (QED) is 0.463. The Bertz CT molecular complexity index is 434. The molecule has 2 heteroatoms. The van der Waals surface area contributed by atoms with Crippen molar-refractivity contribution in [1.29, 1.82) is 0 Å². The van der Waals surface area contributed by atoms with Crippen LogP contribution in [0.2, 0.25) is 0 Å². The van der Waals surface area contributed by atoms with Gasteiger partial charge in [-0.2, -0.15) is 0 Å². The van der Waals surface area contributed by atoms with Gasteiger partial charge < -0.3 is 9.64 Å². The van der Waals surface area contributed by atoms with Crippen LogP contribution < -0.4 is 0 Å². The highest BCUT2D eigenvalue weighted by molar-refractivity contribution is 5.52. The first-order valence-corrected chi connectivity index (χ1v) is 7.96. The van der Waals surface area contributed by atoms with Crippen LogP contribution in [-0.2, 0) is 4.74 Å². The SMILES string of the molecule is CCC/C=C(/C=C/c1ccccc1)N(COCC)C(C)C. The molecule has 116 valence electrons. The van der Waals surface area contributed by atoms with Gasteiger partial charge in [0.2, 0.25) is 0 Å². The molecule has 0 unspecified atom stereocenters. The molecule has 0 radical (unpaired) electrons. The summed E-state index contributed by atoms with van der Waals surface area (Å²) in [6.45, 7) is 10.0. The van der Waals surface area contributed by atoms with Gasteiger partial charge in [0, 0.05) is 18.3 Å². The number of nitrogens with zero attached hydrogens (tertiary/aromatic N) is 1. The number of rotatable bonds is 9. The summed E-state index contributed by atoms with van der Waals surface area (Å²) >= 11 is 0. The molecule has 2 nitrogen and oxygen atoms in total. The van der Waals surface area contributed by atoms with Crippen molar-refractivity contribution >= 4 is 6.08 Å². The molecule has 0 atom stereocenters. The second-order valence-corrected chi connectivity index (χ2v) is 5.35. The first kappa shape index (κ1) is 17.5. The van der Waals surface area contributed by atoms with Crippen LogP contribution in [-0.4, -0.2) is 24.3 Å². The smallest absolute Gasteiger partial charge is 0.119 e. The fourth-order valence-electron chi connectivity index (χ4n) is 2.03. The molecular weight excluding hydrogens is 258 g/mol. The van der Waals surface area contributed by atoms with Crippen molar-refractivity contribution in [3.8, 4) is 0 Å². The number of unbranched alkanes of at least 4 members (excludes halogenated alkanes) is 1. The van der Waals surface area contributed by atoms with Crippen molar-refractivity contribution in [3.05, 3.63) is 53.7 Å². The molecule has 0 aromatic heterocycles. The summed E-state index contributed by atoms with van der Waals surface area (Å²) in [7, 11) is 0. The highest BCUT2D eigenvalue weighted by Crippen LogP contribution is 2.15. The van der Waals surface area contributed by atoms with Gasteiger partial charge in [0.1, 0.15) is 6.73 Å². The maximum atomic E-state index is 5.62.